The average molecular weight is 293 g/mol. The van der Waals surface area contributed by atoms with E-state index in [9.17, 15) is 4.79 Å². The van der Waals surface area contributed by atoms with E-state index in [0.29, 0.717) is 17.3 Å². The highest BCUT2D eigenvalue weighted by Gasteiger charge is 2.54. The lowest BCUT2D eigenvalue weighted by Gasteiger charge is -2.21. The van der Waals surface area contributed by atoms with Crippen molar-refractivity contribution in [1.29, 1.82) is 0 Å². The van der Waals surface area contributed by atoms with Crippen LogP contribution in [0, 0.1) is 23.2 Å². The molecule has 1 aliphatic carbocycles. The Bertz CT molecular complexity index is 369. The van der Waals surface area contributed by atoms with E-state index < -0.39 is 0 Å². The first-order valence-corrected chi connectivity index (χ1v) is 8.59. The predicted octanol–water partition coefficient (Wildman–Crippen LogP) is 3.55. The van der Waals surface area contributed by atoms with Gasteiger partial charge in [-0.15, -0.1) is 0 Å². The molecule has 1 aliphatic heterocycles. The van der Waals surface area contributed by atoms with Crippen molar-refractivity contribution in [1.82, 2.24) is 5.32 Å². The van der Waals surface area contributed by atoms with Crippen molar-refractivity contribution in [3.05, 3.63) is 12.2 Å². The van der Waals surface area contributed by atoms with Crippen LogP contribution in [-0.2, 0) is 9.53 Å². The first kappa shape index (κ1) is 16.5. The fraction of sp³-hybridized carbons (Fsp3) is 0.833. The summed E-state index contributed by atoms with van der Waals surface area (Å²) in [4.78, 5) is 11.9. The van der Waals surface area contributed by atoms with Gasteiger partial charge >= 0.3 is 0 Å². The van der Waals surface area contributed by atoms with Crippen molar-refractivity contribution in [3.8, 4) is 0 Å². The number of hydrogen-bond donors (Lipinski definition) is 1. The Balaban J connectivity index is 1.69. The van der Waals surface area contributed by atoms with Crippen molar-refractivity contribution in [2.45, 2.75) is 52.9 Å². The second-order valence-corrected chi connectivity index (χ2v) is 7.26. The van der Waals surface area contributed by atoms with Crippen molar-refractivity contribution in [3.63, 3.8) is 0 Å². The lowest BCUT2D eigenvalue weighted by atomic mass is 10.0. The number of carbonyl (C=O) groups excluding carboxylic acids is 1. The zero-order valence-corrected chi connectivity index (χ0v) is 13.9. The molecule has 0 aromatic carbocycles. The maximum Gasteiger partial charge on any atom is 0.243 e. The third kappa shape index (κ3) is 4.57. The summed E-state index contributed by atoms with van der Waals surface area (Å²) < 4.78 is 5.33. The molecule has 0 aromatic rings. The predicted molar refractivity (Wildman–Crippen MR) is 86.0 cm³/mol. The van der Waals surface area contributed by atoms with E-state index >= 15 is 0 Å². The smallest absolute Gasteiger partial charge is 0.243 e. The Labute approximate surface area is 129 Å². The van der Waals surface area contributed by atoms with Crippen molar-refractivity contribution in [2.24, 2.45) is 23.2 Å². The molecule has 1 saturated carbocycles. The van der Waals surface area contributed by atoms with Crippen LogP contribution in [0.3, 0.4) is 0 Å². The van der Waals surface area contributed by atoms with E-state index in [1.165, 1.54) is 19.3 Å². The first-order chi connectivity index (χ1) is 10.1. The minimum Gasteiger partial charge on any atom is -0.381 e. The summed E-state index contributed by atoms with van der Waals surface area (Å²) in [6, 6.07) is 0. The molecule has 0 unspecified atom stereocenters. The van der Waals surface area contributed by atoms with Crippen LogP contribution >= 0.6 is 0 Å². The molecular formula is C18H31NO2. The summed E-state index contributed by atoms with van der Waals surface area (Å²) in [5.74, 6) is 2.00. The average Bonchev–Trinajstić information content (AvgIpc) is 3.01. The SMILES string of the molecule is CCCC[C@H]1[C@H](/C=C/C(=O)NCC2CCOCC2)C1(C)C. The summed E-state index contributed by atoms with van der Waals surface area (Å²) >= 11 is 0. The molecule has 21 heavy (non-hydrogen) atoms. The van der Waals surface area contributed by atoms with Gasteiger partial charge in [0.2, 0.25) is 5.91 Å². The van der Waals surface area contributed by atoms with Gasteiger partial charge in [-0.3, -0.25) is 4.79 Å². The molecule has 1 N–H and O–H groups in total. The second-order valence-electron chi connectivity index (χ2n) is 7.26. The monoisotopic (exact) mass is 293 g/mol. The third-order valence-corrected chi connectivity index (χ3v) is 5.37. The maximum absolute atomic E-state index is 11.9. The van der Waals surface area contributed by atoms with Crippen LogP contribution in [0.4, 0.5) is 0 Å². The van der Waals surface area contributed by atoms with Crippen LogP contribution in [0.2, 0.25) is 0 Å². The number of rotatable bonds is 7. The highest BCUT2D eigenvalue weighted by atomic mass is 16.5. The van der Waals surface area contributed by atoms with Crippen LogP contribution in [0.25, 0.3) is 0 Å². The van der Waals surface area contributed by atoms with Gasteiger partial charge in [-0.2, -0.15) is 0 Å². The molecule has 2 atom stereocenters. The molecular weight excluding hydrogens is 262 g/mol. The van der Waals surface area contributed by atoms with Gasteiger partial charge in [0, 0.05) is 19.8 Å². The Morgan fingerprint density at radius 3 is 2.71 bits per heavy atom. The van der Waals surface area contributed by atoms with E-state index in [-0.39, 0.29) is 5.91 Å². The normalized spacial score (nSPS) is 28.7. The van der Waals surface area contributed by atoms with Gasteiger partial charge in [0.05, 0.1) is 0 Å². The lowest BCUT2D eigenvalue weighted by molar-refractivity contribution is -0.116. The Hall–Kier alpha value is -0.830. The van der Waals surface area contributed by atoms with E-state index in [4.69, 9.17) is 4.74 Å². The Kier molecular flexibility index (Phi) is 5.86. The van der Waals surface area contributed by atoms with Crippen LogP contribution in [0.15, 0.2) is 12.2 Å². The van der Waals surface area contributed by atoms with E-state index in [1.807, 2.05) is 0 Å². The van der Waals surface area contributed by atoms with Crippen LogP contribution in [0.5, 0.6) is 0 Å². The number of hydrogen-bond acceptors (Lipinski definition) is 2. The number of amides is 1. The van der Waals surface area contributed by atoms with Gasteiger partial charge in [0.15, 0.2) is 0 Å². The van der Waals surface area contributed by atoms with Crippen LogP contribution in [0.1, 0.15) is 52.9 Å². The molecule has 120 valence electrons. The zero-order valence-electron chi connectivity index (χ0n) is 13.9. The molecule has 1 saturated heterocycles. The first-order valence-electron chi connectivity index (χ1n) is 8.59. The molecule has 0 radical (unpaired) electrons. The van der Waals surface area contributed by atoms with Gasteiger partial charge in [-0.25, -0.2) is 0 Å². The van der Waals surface area contributed by atoms with Crippen molar-refractivity contribution in [2.75, 3.05) is 19.8 Å². The van der Waals surface area contributed by atoms with E-state index in [0.717, 1.165) is 38.5 Å². The number of nitrogens with one attached hydrogen (secondary N) is 1. The topological polar surface area (TPSA) is 38.3 Å². The molecule has 2 aliphatic rings. The Morgan fingerprint density at radius 2 is 2.05 bits per heavy atom. The summed E-state index contributed by atoms with van der Waals surface area (Å²) in [5.41, 5.74) is 0.382. The number of unbranched alkanes of at least 4 members (excludes halogenated alkanes) is 1. The molecule has 1 heterocycles. The molecule has 3 heteroatoms. The summed E-state index contributed by atoms with van der Waals surface area (Å²) in [6.07, 6.45) is 9.89. The van der Waals surface area contributed by atoms with Crippen LogP contribution in [-0.4, -0.2) is 25.7 Å². The maximum atomic E-state index is 11.9. The van der Waals surface area contributed by atoms with E-state index in [2.05, 4.69) is 32.2 Å². The fourth-order valence-corrected chi connectivity index (χ4v) is 3.59. The van der Waals surface area contributed by atoms with Crippen molar-refractivity contribution >= 4 is 5.91 Å². The van der Waals surface area contributed by atoms with Gasteiger partial charge < -0.3 is 10.1 Å². The number of carbonyl (C=O) groups is 1. The molecule has 0 aromatic heterocycles. The number of allylic oxidation sites excluding steroid dienone is 1. The van der Waals surface area contributed by atoms with Gasteiger partial charge in [0.1, 0.15) is 0 Å². The standard InChI is InChI=1S/C18H31NO2/c1-4-5-6-15-16(18(15,2)3)7-8-17(20)19-13-14-9-11-21-12-10-14/h7-8,14-16H,4-6,9-13H2,1-3H3,(H,19,20)/b8-7+/t15-,16-/m0/s1. The zero-order chi connectivity index (χ0) is 15.3. The largest absolute Gasteiger partial charge is 0.381 e. The fourth-order valence-electron chi connectivity index (χ4n) is 3.59. The Morgan fingerprint density at radius 1 is 1.33 bits per heavy atom. The minimum absolute atomic E-state index is 0.0680. The molecule has 1 amide bonds. The third-order valence-electron chi connectivity index (χ3n) is 5.37. The van der Waals surface area contributed by atoms with Gasteiger partial charge in [-0.1, -0.05) is 39.7 Å². The number of ether oxygens (including phenoxy) is 1. The summed E-state index contributed by atoms with van der Waals surface area (Å²) in [7, 11) is 0. The van der Waals surface area contributed by atoms with Crippen LogP contribution < -0.4 is 5.32 Å². The van der Waals surface area contributed by atoms with Gasteiger partial charge in [-0.05, 0) is 48.5 Å². The minimum atomic E-state index is 0.0680. The van der Waals surface area contributed by atoms with Gasteiger partial charge in [0.25, 0.3) is 0 Å². The molecule has 0 spiro atoms. The molecule has 2 fully saturated rings. The second kappa shape index (κ2) is 7.44. The quantitative estimate of drug-likeness (QED) is 0.729. The summed E-state index contributed by atoms with van der Waals surface area (Å²) in [6.45, 7) is 9.35. The molecule has 3 nitrogen and oxygen atoms in total. The van der Waals surface area contributed by atoms with E-state index in [1.54, 1.807) is 6.08 Å². The highest BCUT2D eigenvalue weighted by molar-refractivity contribution is 5.87. The molecule has 2 rings (SSSR count). The highest BCUT2D eigenvalue weighted by Crippen LogP contribution is 2.61. The van der Waals surface area contributed by atoms with Crippen molar-refractivity contribution < 1.29 is 9.53 Å². The lowest BCUT2D eigenvalue weighted by Crippen LogP contribution is -2.31. The summed E-state index contributed by atoms with van der Waals surface area (Å²) in [5, 5.41) is 3.04. The molecule has 0 bridgehead atoms.